The molecule has 2 rings (SSSR count). The third-order valence-electron chi connectivity index (χ3n) is 4.02. The van der Waals surface area contributed by atoms with Gasteiger partial charge in [0.15, 0.2) is 0 Å². The van der Waals surface area contributed by atoms with Crippen LogP contribution < -0.4 is 5.32 Å². The highest BCUT2D eigenvalue weighted by molar-refractivity contribution is 5.99. The van der Waals surface area contributed by atoms with Crippen molar-refractivity contribution < 1.29 is 14.3 Å². The van der Waals surface area contributed by atoms with Gasteiger partial charge in [0.25, 0.3) is 5.91 Å². The molecule has 1 aromatic carbocycles. The van der Waals surface area contributed by atoms with Crippen molar-refractivity contribution in [2.45, 2.75) is 45.1 Å². The number of rotatable bonds is 7. The lowest BCUT2D eigenvalue weighted by molar-refractivity contribution is -0.147. The Balaban J connectivity index is 2.07. The summed E-state index contributed by atoms with van der Waals surface area (Å²) in [5, 5.41) is 2.91. The van der Waals surface area contributed by atoms with Crippen LogP contribution in [0.25, 0.3) is 0 Å². The van der Waals surface area contributed by atoms with Gasteiger partial charge < -0.3 is 10.1 Å². The van der Waals surface area contributed by atoms with E-state index in [0.29, 0.717) is 18.6 Å². The SMILES string of the molecule is CCCCC1CC1(NC(=O)c1ccccc1)C(=O)OCC. The van der Waals surface area contributed by atoms with Crippen LogP contribution in [0.5, 0.6) is 0 Å². The summed E-state index contributed by atoms with van der Waals surface area (Å²) in [6.07, 6.45) is 3.78. The summed E-state index contributed by atoms with van der Waals surface area (Å²) in [6, 6.07) is 8.98. The van der Waals surface area contributed by atoms with Gasteiger partial charge in [0.05, 0.1) is 6.61 Å². The van der Waals surface area contributed by atoms with Gasteiger partial charge in [-0.1, -0.05) is 38.0 Å². The molecule has 2 atom stereocenters. The maximum atomic E-state index is 12.3. The fraction of sp³-hybridized carbons (Fsp3) is 0.529. The Bertz CT molecular complexity index is 500. The molecule has 0 aromatic heterocycles. The fourth-order valence-electron chi connectivity index (χ4n) is 2.71. The number of nitrogens with one attached hydrogen (secondary N) is 1. The zero-order valence-corrected chi connectivity index (χ0v) is 12.7. The molecule has 1 aliphatic carbocycles. The van der Waals surface area contributed by atoms with E-state index in [0.717, 1.165) is 19.3 Å². The maximum Gasteiger partial charge on any atom is 0.332 e. The largest absolute Gasteiger partial charge is 0.464 e. The van der Waals surface area contributed by atoms with E-state index in [1.165, 1.54) is 0 Å². The smallest absolute Gasteiger partial charge is 0.332 e. The summed E-state index contributed by atoms with van der Waals surface area (Å²) in [5.41, 5.74) is -0.236. The van der Waals surface area contributed by atoms with Gasteiger partial charge >= 0.3 is 5.97 Å². The molecule has 0 bridgehead atoms. The molecule has 0 saturated heterocycles. The molecule has 0 heterocycles. The lowest BCUT2D eigenvalue weighted by atomic mass is 10.1. The highest BCUT2D eigenvalue weighted by Gasteiger charge is 2.61. The third-order valence-corrected chi connectivity index (χ3v) is 4.02. The van der Waals surface area contributed by atoms with Crippen molar-refractivity contribution in [3.63, 3.8) is 0 Å². The quantitative estimate of drug-likeness (QED) is 0.785. The number of hydrogen-bond acceptors (Lipinski definition) is 3. The van der Waals surface area contributed by atoms with Crippen molar-refractivity contribution in [2.24, 2.45) is 5.92 Å². The Morgan fingerprint density at radius 2 is 2.00 bits per heavy atom. The number of esters is 1. The minimum atomic E-state index is -0.807. The molecule has 4 heteroatoms. The highest BCUT2D eigenvalue weighted by atomic mass is 16.5. The molecular formula is C17H23NO3. The minimum Gasteiger partial charge on any atom is -0.464 e. The minimum absolute atomic E-state index is 0.198. The normalized spacial score (nSPS) is 23.4. The molecule has 0 aliphatic heterocycles. The topological polar surface area (TPSA) is 55.4 Å². The van der Waals surface area contributed by atoms with Crippen molar-refractivity contribution >= 4 is 11.9 Å². The average Bonchev–Trinajstić information content (AvgIpc) is 3.20. The summed E-state index contributed by atoms with van der Waals surface area (Å²) in [7, 11) is 0. The lowest BCUT2D eigenvalue weighted by Crippen LogP contribution is -2.46. The molecule has 1 N–H and O–H groups in total. The van der Waals surface area contributed by atoms with Crippen LogP contribution in [0, 0.1) is 5.92 Å². The molecule has 21 heavy (non-hydrogen) atoms. The number of hydrogen-bond donors (Lipinski definition) is 1. The number of amides is 1. The van der Waals surface area contributed by atoms with E-state index < -0.39 is 5.54 Å². The molecule has 1 aromatic rings. The Hall–Kier alpha value is -1.84. The molecule has 1 aliphatic rings. The zero-order valence-electron chi connectivity index (χ0n) is 12.7. The van der Waals surface area contributed by atoms with Crippen LogP contribution >= 0.6 is 0 Å². The Morgan fingerprint density at radius 3 is 2.62 bits per heavy atom. The standard InChI is InChI=1S/C17H23NO3/c1-3-5-11-14-12-17(14,16(20)21-4-2)18-15(19)13-9-7-6-8-10-13/h6-10,14H,3-5,11-12H2,1-2H3,(H,18,19). The fourth-order valence-corrected chi connectivity index (χ4v) is 2.71. The zero-order chi connectivity index (χ0) is 15.3. The molecule has 0 spiro atoms. The summed E-state index contributed by atoms with van der Waals surface area (Å²) in [4.78, 5) is 24.5. The van der Waals surface area contributed by atoms with E-state index in [9.17, 15) is 9.59 Å². The number of carbonyl (C=O) groups is 2. The van der Waals surface area contributed by atoms with E-state index in [2.05, 4.69) is 12.2 Å². The summed E-state index contributed by atoms with van der Waals surface area (Å²) >= 11 is 0. The molecule has 4 nitrogen and oxygen atoms in total. The molecule has 1 fully saturated rings. The predicted molar refractivity (Wildman–Crippen MR) is 80.9 cm³/mol. The van der Waals surface area contributed by atoms with E-state index in [-0.39, 0.29) is 17.8 Å². The van der Waals surface area contributed by atoms with Gasteiger partial charge in [-0.2, -0.15) is 0 Å². The first-order valence-corrected chi connectivity index (χ1v) is 7.68. The van der Waals surface area contributed by atoms with Gasteiger partial charge in [-0.3, -0.25) is 4.79 Å². The molecule has 114 valence electrons. The van der Waals surface area contributed by atoms with E-state index in [1.807, 2.05) is 18.2 Å². The molecule has 2 unspecified atom stereocenters. The molecular weight excluding hydrogens is 266 g/mol. The number of unbranched alkanes of at least 4 members (excludes halogenated alkanes) is 1. The van der Waals surface area contributed by atoms with Crippen LogP contribution in [0.1, 0.15) is 49.9 Å². The Labute approximate surface area is 125 Å². The number of benzene rings is 1. The number of ether oxygens (including phenoxy) is 1. The van der Waals surface area contributed by atoms with Crippen LogP contribution in [0.2, 0.25) is 0 Å². The maximum absolute atomic E-state index is 12.3. The van der Waals surface area contributed by atoms with Crippen molar-refractivity contribution in [1.29, 1.82) is 0 Å². The Kier molecular flexibility index (Phi) is 4.99. The van der Waals surface area contributed by atoms with Gasteiger partial charge in [-0.25, -0.2) is 4.79 Å². The lowest BCUT2D eigenvalue weighted by Gasteiger charge is -2.18. The first-order chi connectivity index (χ1) is 10.1. The van der Waals surface area contributed by atoms with Crippen LogP contribution in [0.3, 0.4) is 0 Å². The molecule has 1 saturated carbocycles. The van der Waals surface area contributed by atoms with Crippen LogP contribution in [-0.4, -0.2) is 24.0 Å². The second-order valence-corrected chi connectivity index (χ2v) is 5.56. The van der Waals surface area contributed by atoms with Crippen molar-refractivity contribution in [3.05, 3.63) is 35.9 Å². The van der Waals surface area contributed by atoms with E-state index in [4.69, 9.17) is 4.74 Å². The van der Waals surface area contributed by atoms with Gasteiger partial charge in [0, 0.05) is 5.56 Å². The Morgan fingerprint density at radius 1 is 1.29 bits per heavy atom. The van der Waals surface area contributed by atoms with E-state index in [1.54, 1.807) is 19.1 Å². The summed E-state index contributed by atoms with van der Waals surface area (Å²) < 4.78 is 5.16. The highest BCUT2D eigenvalue weighted by Crippen LogP contribution is 2.48. The van der Waals surface area contributed by atoms with E-state index >= 15 is 0 Å². The first kappa shape index (κ1) is 15.5. The summed E-state index contributed by atoms with van der Waals surface area (Å²) in [6.45, 7) is 4.24. The van der Waals surface area contributed by atoms with Gasteiger partial charge in [0.2, 0.25) is 0 Å². The first-order valence-electron chi connectivity index (χ1n) is 7.68. The average molecular weight is 289 g/mol. The van der Waals surface area contributed by atoms with Crippen LogP contribution in [0.4, 0.5) is 0 Å². The van der Waals surface area contributed by atoms with Crippen LogP contribution in [-0.2, 0) is 9.53 Å². The van der Waals surface area contributed by atoms with Crippen molar-refractivity contribution in [3.8, 4) is 0 Å². The number of carbonyl (C=O) groups excluding carboxylic acids is 2. The van der Waals surface area contributed by atoms with Gasteiger partial charge in [-0.15, -0.1) is 0 Å². The van der Waals surface area contributed by atoms with Crippen LogP contribution in [0.15, 0.2) is 30.3 Å². The van der Waals surface area contributed by atoms with Gasteiger partial charge in [0.1, 0.15) is 5.54 Å². The van der Waals surface area contributed by atoms with Crippen molar-refractivity contribution in [2.75, 3.05) is 6.61 Å². The molecule has 0 radical (unpaired) electrons. The summed E-state index contributed by atoms with van der Waals surface area (Å²) in [5.74, 6) is -0.304. The third kappa shape index (κ3) is 3.43. The van der Waals surface area contributed by atoms with Gasteiger partial charge in [-0.05, 0) is 37.8 Å². The molecule has 1 amide bonds. The monoisotopic (exact) mass is 289 g/mol. The van der Waals surface area contributed by atoms with Crippen molar-refractivity contribution in [1.82, 2.24) is 5.32 Å². The second-order valence-electron chi connectivity index (χ2n) is 5.56. The predicted octanol–water partition coefficient (Wildman–Crippen LogP) is 2.93. The second kappa shape index (κ2) is 6.74.